The molecular weight excluding hydrogens is 206 g/mol. The Morgan fingerprint density at radius 1 is 0.714 bits per heavy atom. The molecule has 2 heteroatoms. The van der Waals surface area contributed by atoms with Crippen molar-refractivity contribution < 1.29 is 0 Å². The van der Waals surface area contributed by atoms with Crippen LogP contribution in [0.4, 0.5) is 0 Å². The maximum absolute atomic E-state index is 2.48. The first-order valence-corrected chi connectivity index (χ1v) is 9.59. The number of hydrogen-bond donors (Lipinski definition) is 0. The van der Waals surface area contributed by atoms with Crippen molar-refractivity contribution in [2.24, 2.45) is 0 Å². The molecule has 0 aromatic rings. The van der Waals surface area contributed by atoms with Crippen LogP contribution in [0, 0.1) is 0 Å². The van der Waals surface area contributed by atoms with Crippen LogP contribution in [0.1, 0.15) is 41.5 Å². The molecule has 0 aromatic heterocycles. The van der Waals surface area contributed by atoms with Crippen LogP contribution in [-0.4, -0.2) is 36.0 Å². The lowest BCUT2D eigenvalue weighted by Crippen LogP contribution is -2.42. The van der Waals surface area contributed by atoms with Crippen molar-refractivity contribution in [3.8, 4) is 0 Å². The lowest BCUT2D eigenvalue weighted by Gasteiger charge is -2.49. The third kappa shape index (κ3) is 2.70. The molecule has 0 heterocycles. The first kappa shape index (κ1) is 14.9. The quantitative estimate of drug-likeness (QED) is 0.599. The van der Waals surface area contributed by atoms with Crippen molar-refractivity contribution in [1.82, 2.24) is 0 Å². The summed E-state index contributed by atoms with van der Waals surface area (Å²) in [6.07, 6.45) is 2.72. The van der Waals surface area contributed by atoms with E-state index >= 15 is 0 Å². The Balaban J connectivity index is 4.85. The lowest BCUT2D eigenvalue weighted by atomic mass is 9.98. The summed E-state index contributed by atoms with van der Waals surface area (Å²) in [7, 11) is 0.337. The Morgan fingerprint density at radius 3 is 1.07 bits per heavy atom. The third-order valence-corrected chi connectivity index (χ3v) is 11.4. The Morgan fingerprint density at radius 2 is 0.929 bits per heavy atom. The average Bonchev–Trinajstić information content (AvgIpc) is 2.14. The number of hydrogen-bond acceptors (Lipinski definition) is 0. The molecule has 0 aliphatic carbocycles. The average molecular weight is 234 g/mol. The van der Waals surface area contributed by atoms with Gasteiger partial charge in [0.2, 0.25) is 0 Å². The van der Waals surface area contributed by atoms with Gasteiger partial charge in [0.1, 0.15) is 0 Å². The number of rotatable bonds is 5. The zero-order valence-electron chi connectivity index (χ0n) is 11.3. The highest BCUT2D eigenvalue weighted by atomic mass is 31.1. The Labute approximate surface area is 93.8 Å². The van der Waals surface area contributed by atoms with Gasteiger partial charge < -0.3 is 0 Å². The van der Waals surface area contributed by atoms with Gasteiger partial charge in [0.05, 0.1) is 0 Å². The molecule has 2 atom stereocenters. The summed E-state index contributed by atoms with van der Waals surface area (Å²) in [6.45, 7) is 19.5. The topological polar surface area (TPSA) is 0 Å². The highest BCUT2D eigenvalue weighted by Crippen LogP contribution is 2.62. The predicted octanol–water partition coefficient (Wildman–Crippen LogP) is 4.81. The highest BCUT2D eigenvalue weighted by Gasteiger charge is 2.42. The summed E-state index contributed by atoms with van der Waals surface area (Å²) < 4.78 is 0. The second-order valence-electron chi connectivity index (χ2n) is 5.15. The molecule has 0 fully saturated rings. The molecule has 0 amide bonds. The van der Waals surface area contributed by atoms with Gasteiger partial charge in [-0.3, -0.25) is 0 Å². The van der Waals surface area contributed by atoms with Gasteiger partial charge in [0, 0.05) is 0 Å². The Bertz CT molecular complexity index is 153. The fraction of sp³-hybridized carbons (Fsp3) is 1.00. The van der Waals surface area contributed by atoms with Crippen LogP contribution in [0.3, 0.4) is 0 Å². The summed E-state index contributed by atoms with van der Waals surface area (Å²) in [5.41, 5.74) is 0. The van der Waals surface area contributed by atoms with Gasteiger partial charge in [-0.15, -0.1) is 15.8 Å². The minimum absolute atomic E-state index is 0.168. The van der Waals surface area contributed by atoms with Crippen LogP contribution in [0.5, 0.6) is 0 Å². The molecule has 0 N–H and O–H groups in total. The van der Waals surface area contributed by atoms with E-state index in [0.717, 1.165) is 0 Å². The zero-order chi connectivity index (χ0) is 11.6. The van der Waals surface area contributed by atoms with E-state index in [2.05, 4.69) is 54.9 Å². The van der Waals surface area contributed by atoms with Crippen molar-refractivity contribution in [2.75, 3.05) is 25.7 Å². The van der Waals surface area contributed by atoms with Crippen molar-refractivity contribution in [3.05, 3.63) is 0 Å². The summed E-state index contributed by atoms with van der Waals surface area (Å²) >= 11 is 0. The molecule has 86 valence electrons. The van der Waals surface area contributed by atoms with Crippen LogP contribution in [0.15, 0.2) is 0 Å². The monoisotopic (exact) mass is 234 g/mol. The minimum Gasteiger partial charge on any atom is -0.103 e. The van der Waals surface area contributed by atoms with Crippen LogP contribution in [-0.2, 0) is 0 Å². The van der Waals surface area contributed by atoms with Crippen molar-refractivity contribution in [1.29, 1.82) is 0 Å². The van der Waals surface area contributed by atoms with E-state index in [1.165, 1.54) is 12.3 Å². The fourth-order valence-electron chi connectivity index (χ4n) is 1.72. The van der Waals surface area contributed by atoms with Crippen LogP contribution >= 0.6 is 15.8 Å². The largest absolute Gasteiger partial charge is 0.103 e. The summed E-state index contributed by atoms with van der Waals surface area (Å²) in [5, 5.41) is 1.04. The van der Waals surface area contributed by atoms with Crippen molar-refractivity contribution >= 4 is 15.8 Å². The molecule has 0 aliphatic rings. The fourth-order valence-corrected chi connectivity index (χ4v) is 6.20. The molecular formula is C12H28P2. The highest BCUT2D eigenvalue weighted by molar-refractivity contribution is 7.63. The molecule has 0 nitrogen and oxygen atoms in total. The van der Waals surface area contributed by atoms with E-state index in [1.807, 2.05) is 0 Å². The van der Waals surface area contributed by atoms with Gasteiger partial charge in [-0.1, -0.05) is 41.5 Å². The molecule has 0 aromatic carbocycles. The van der Waals surface area contributed by atoms with Gasteiger partial charge in [-0.2, -0.15) is 0 Å². The molecule has 0 bridgehead atoms. The molecule has 0 aliphatic heterocycles. The maximum Gasteiger partial charge on any atom is -0.00633 e. The van der Waals surface area contributed by atoms with Gasteiger partial charge in [0.25, 0.3) is 0 Å². The van der Waals surface area contributed by atoms with E-state index in [1.54, 1.807) is 0 Å². The van der Waals surface area contributed by atoms with Crippen LogP contribution in [0.25, 0.3) is 0 Å². The third-order valence-electron chi connectivity index (χ3n) is 4.35. The maximum atomic E-state index is 2.48. The molecule has 0 saturated heterocycles. The molecule has 0 spiro atoms. The van der Waals surface area contributed by atoms with Gasteiger partial charge in [-0.25, -0.2) is 0 Å². The van der Waals surface area contributed by atoms with Crippen molar-refractivity contribution in [2.45, 2.75) is 51.9 Å². The van der Waals surface area contributed by atoms with Crippen LogP contribution in [0.2, 0.25) is 0 Å². The van der Waals surface area contributed by atoms with Gasteiger partial charge >= 0.3 is 0 Å². The standard InChI is InChI=1S/C12H28P2/c1-9-13(7)11(3,4)12(5,6)14(8)10-2/h9-10H2,1-8H3. The molecule has 0 saturated carbocycles. The summed E-state index contributed by atoms with van der Waals surface area (Å²) in [4.78, 5) is 0. The van der Waals surface area contributed by atoms with Gasteiger partial charge in [0.15, 0.2) is 0 Å². The van der Waals surface area contributed by atoms with E-state index in [9.17, 15) is 0 Å². The molecule has 2 unspecified atom stereocenters. The molecule has 0 rings (SSSR count). The minimum atomic E-state index is 0.168. The Hall–Kier alpha value is 0.860. The van der Waals surface area contributed by atoms with Crippen LogP contribution < -0.4 is 0 Å². The summed E-state index contributed by atoms with van der Waals surface area (Å²) in [5.74, 6) is 0. The predicted molar refractivity (Wildman–Crippen MR) is 74.9 cm³/mol. The zero-order valence-corrected chi connectivity index (χ0v) is 13.1. The van der Waals surface area contributed by atoms with E-state index < -0.39 is 0 Å². The van der Waals surface area contributed by atoms with E-state index in [4.69, 9.17) is 0 Å². The molecule has 0 radical (unpaired) electrons. The second kappa shape index (κ2) is 5.27. The smallest absolute Gasteiger partial charge is 0.00633 e. The normalized spacial score (nSPS) is 18.0. The second-order valence-corrected chi connectivity index (χ2v) is 11.4. The SMILES string of the molecule is CCP(C)C(C)(C)C(C)(C)P(C)CC. The first-order chi connectivity index (χ1) is 6.21. The Kier molecular flexibility index (Phi) is 5.59. The van der Waals surface area contributed by atoms with Crippen molar-refractivity contribution in [3.63, 3.8) is 0 Å². The molecule has 14 heavy (non-hydrogen) atoms. The lowest BCUT2D eigenvalue weighted by molar-refractivity contribution is 0.532. The van der Waals surface area contributed by atoms with E-state index in [-0.39, 0.29) is 15.8 Å². The van der Waals surface area contributed by atoms with E-state index in [0.29, 0.717) is 10.3 Å². The van der Waals surface area contributed by atoms with Gasteiger partial charge in [-0.05, 0) is 36.0 Å². The first-order valence-electron chi connectivity index (χ1n) is 5.64. The summed E-state index contributed by atoms with van der Waals surface area (Å²) in [6, 6.07) is 0.